The van der Waals surface area contributed by atoms with Crippen LogP contribution >= 0.6 is 11.3 Å². The summed E-state index contributed by atoms with van der Waals surface area (Å²) in [7, 11) is 0. The van der Waals surface area contributed by atoms with Gasteiger partial charge >= 0.3 is 5.97 Å². The first-order chi connectivity index (χ1) is 12.3. The number of aromatic hydroxyl groups is 1. The molecule has 6 nitrogen and oxygen atoms in total. The van der Waals surface area contributed by atoms with Gasteiger partial charge in [0.25, 0.3) is 0 Å². The molecular formula is C19H21N3O3S. The number of phenols is 1. The van der Waals surface area contributed by atoms with Crippen LogP contribution in [0.2, 0.25) is 0 Å². The van der Waals surface area contributed by atoms with Crippen molar-refractivity contribution in [2.24, 2.45) is 5.92 Å². The summed E-state index contributed by atoms with van der Waals surface area (Å²) in [5.74, 6) is 1.40. The lowest BCUT2D eigenvalue weighted by Gasteiger charge is -2.09. The molecule has 0 saturated carbocycles. The SMILES string of the molecule is Cc1nc(Nc2ccc(O)cc2)c2c(C)c(C(=O)OCC(C)C)sc2n1. The van der Waals surface area contributed by atoms with Gasteiger partial charge in [-0.2, -0.15) is 0 Å². The van der Waals surface area contributed by atoms with E-state index in [9.17, 15) is 9.90 Å². The number of thiophene rings is 1. The summed E-state index contributed by atoms with van der Waals surface area (Å²) in [5.41, 5.74) is 1.59. The van der Waals surface area contributed by atoms with E-state index >= 15 is 0 Å². The number of anilines is 2. The summed E-state index contributed by atoms with van der Waals surface area (Å²) in [5, 5.41) is 13.5. The maximum absolute atomic E-state index is 12.4. The number of benzene rings is 1. The van der Waals surface area contributed by atoms with E-state index in [1.807, 2.05) is 27.7 Å². The van der Waals surface area contributed by atoms with Crippen molar-refractivity contribution in [3.05, 3.63) is 40.5 Å². The van der Waals surface area contributed by atoms with Crippen LogP contribution in [0.1, 0.15) is 34.9 Å². The molecule has 0 radical (unpaired) electrons. The Hall–Kier alpha value is -2.67. The molecule has 0 fully saturated rings. The molecule has 0 spiro atoms. The van der Waals surface area contributed by atoms with E-state index in [4.69, 9.17) is 4.74 Å². The summed E-state index contributed by atoms with van der Waals surface area (Å²) in [6.45, 7) is 8.08. The van der Waals surface area contributed by atoms with Crippen LogP contribution in [0.25, 0.3) is 10.2 Å². The van der Waals surface area contributed by atoms with E-state index in [2.05, 4.69) is 15.3 Å². The van der Waals surface area contributed by atoms with Gasteiger partial charge in [0.15, 0.2) is 0 Å². The molecule has 2 N–H and O–H groups in total. The topological polar surface area (TPSA) is 84.3 Å². The van der Waals surface area contributed by atoms with Crippen LogP contribution in [0.15, 0.2) is 24.3 Å². The van der Waals surface area contributed by atoms with Gasteiger partial charge in [0.1, 0.15) is 27.1 Å². The van der Waals surface area contributed by atoms with Crippen LogP contribution in [-0.2, 0) is 4.74 Å². The Morgan fingerprint density at radius 2 is 1.92 bits per heavy atom. The molecule has 0 atom stereocenters. The molecule has 0 saturated heterocycles. The first-order valence-electron chi connectivity index (χ1n) is 8.36. The fraction of sp³-hybridized carbons (Fsp3) is 0.316. The number of ether oxygens (including phenoxy) is 1. The third kappa shape index (κ3) is 3.77. The van der Waals surface area contributed by atoms with Crippen molar-refractivity contribution in [1.29, 1.82) is 0 Å². The Bertz CT molecular complexity index is 949. The molecule has 2 aromatic heterocycles. The minimum absolute atomic E-state index is 0.196. The number of carbonyl (C=O) groups is 1. The Morgan fingerprint density at radius 3 is 2.58 bits per heavy atom. The maximum Gasteiger partial charge on any atom is 0.348 e. The lowest BCUT2D eigenvalue weighted by molar-refractivity contribution is 0.0464. The van der Waals surface area contributed by atoms with Crippen LogP contribution in [0.3, 0.4) is 0 Å². The number of esters is 1. The summed E-state index contributed by atoms with van der Waals surface area (Å²) in [6.07, 6.45) is 0. The Kier molecular flexibility index (Phi) is 5.08. The molecule has 0 aliphatic heterocycles. The predicted octanol–water partition coefficient (Wildman–Crippen LogP) is 4.57. The number of rotatable bonds is 5. The minimum Gasteiger partial charge on any atom is -0.508 e. The molecule has 0 amide bonds. The Balaban J connectivity index is 2.01. The van der Waals surface area contributed by atoms with E-state index in [-0.39, 0.29) is 17.6 Å². The molecule has 0 aliphatic carbocycles. The van der Waals surface area contributed by atoms with Crippen molar-refractivity contribution in [2.75, 3.05) is 11.9 Å². The largest absolute Gasteiger partial charge is 0.508 e. The summed E-state index contributed by atoms with van der Waals surface area (Å²) < 4.78 is 5.38. The Labute approximate surface area is 155 Å². The molecule has 136 valence electrons. The highest BCUT2D eigenvalue weighted by atomic mass is 32.1. The van der Waals surface area contributed by atoms with Gasteiger partial charge in [0, 0.05) is 5.69 Å². The number of nitrogens with one attached hydrogen (secondary N) is 1. The van der Waals surface area contributed by atoms with E-state index < -0.39 is 0 Å². The van der Waals surface area contributed by atoms with Crippen molar-refractivity contribution in [2.45, 2.75) is 27.7 Å². The van der Waals surface area contributed by atoms with Gasteiger partial charge in [-0.3, -0.25) is 0 Å². The lowest BCUT2D eigenvalue weighted by atomic mass is 10.2. The molecule has 1 aromatic carbocycles. The van der Waals surface area contributed by atoms with Gasteiger partial charge in [-0.15, -0.1) is 11.3 Å². The molecular weight excluding hydrogens is 350 g/mol. The number of hydrogen-bond acceptors (Lipinski definition) is 7. The molecule has 0 bridgehead atoms. The van der Waals surface area contributed by atoms with E-state index in [0.717, 1.165) is 21.5 Å². The molecule has 7 heteroatoms. The summed E-state index contributed by atoms with van der Waals surface area (Å²) in [4.78, 5) is 22.7. The normalized spacial score (nSPS) is 11.1. The van der Waals surface area contributed by atoms with Crippen LogP contribution in [0.5, 0.6) is 5.75 Å². The van der Waals surface area contributed by atoms with Crippen molar-refractivity contribution in [1.82, 2.24) is 9.97 Å². The number of phenolic OH excluding ortho intramolecular Hbond substituents is 1. The number of fused-ring (bicyclic) bond motifs is 1. The third-order valence-corrected chi connectivity index (χ3v) is 4.93. The molecule has 3 aromatic rings. The van der Waals surface area contributed by atoms with Crippen molar-refractivity contribution in [3.63, 3.8) is 0 Å². The Morgan fingerprint density at radius 1 is 1.23 bits per heavy atom. The van der Waals surface area contributed by atoms with Crippen LogP contribution in [0.4, 0.5) is 11.5 Å². The molecule has 3 rings (SSSR count). The van der Waals surface area contributed by atoms with Gasteiger partial charge < -0.3 is 15.2 Å². The lowest BCUT2D eigenvalue weighted by Crippen LogP contribution is -2.09. The molecule has 0 aliphatic rings. The molecule has 26 heavy (non-hydrogen) atoms. The fourth-order valence-corrected chi connectivity index (χ4v) is 3.64. The minimum atomic E-state index is -0.326. The summed E-state index contributed by atoms with van der Waals surface area (Å²) >= 11 is 1.32. The second-order valence-electron chi connectivity index (χ2n) is 6.52. The fourth-order valence-electron chi connectivity index (χ4n) is 2.52. The zero-order chi connectivity index (χ0) is 18.8. The highest BCUT2D eigenvalue weighted by Crippen LogP contribution is 2.35. The number of carbonyl (C=O) groups excluding carboxylic acids is 1. The van der Waals surface area contributed by atoms with Gasteiger partial charge in [0.05, 0.1) is 12.0 Å². The standard InChI is InChI=1S/C19H21N3O3S/c1-10(2)9-25-19(24)16-11(3)15-17(20-12(4)21-18(15)26-16)22-13-5-7-14(23)8-6-13/h5-8,10,23H,9H2,1-4H3,(H,20,21,22). The van der Waals surface area contributed by atoms with Crippen LogP contribution in [-0.4, -0.2) is 27.7 Å². The first kappa shape index (κ1) is 18.1. The van der Waals surface area contributed by atoms with Crippen LogP contribution in [0, 0.1) is 19.8 Å². The van der Waals surface area contributed by atoms with Crippen molar-refractivity contribution < 1.29 is 14.6 Å². The number of aryl methyl sites for hydroxylation is 2. The van der Waals surface area contributed by atoms with Gasteiger partial charge in [-0.1, -0.05) is 13.8 Å². The van der Waals surface area contributed by atoms with Crippen molar-refractivity contribution in [3.8, 4) is 5.75 Å². The predicted molar refractivity (Wildman–Crippen MR) is 103 cm³/mol. The quantitative estimate of drug-likeness (QED) is 0.505. The van der Waals surface area contributed by atoms with E-state index in [1.54, 1.807) is 24.3 Å². The highest BCUT2D eigenvalue weighted by molar-refractivity contribution is 7.20. The smallest absolute Gasteiger partial charge is 0.348 e. The third-order valence-electron chi connectivity index (χ3n) is 3.77. The zero-order valence-corrected chi connectivity index (χ0v) is 16.0. The molecule has 2 heterocycles. The monoisotopic (exact) mass is 371 g/mol. The van der Waals surface area contributed by atoms with E-state index in [0.29, 0.717) is 23.1 Å². The van der Waals surface area contributed by atoms with Crippen molar-refractivity contribution >= 4 is 39.0 Å². The average Bonchev–Trinajstić information content (AvgIpc) is 2.91. The van der Waals surface area contributed by atoms with Crippen LogP contribution < -0.4 is 5.32 Å². The number of nitrogens with zero attached hydrogens (tertiary/aromatic N) is 2. The molecule has 0 unspecified atom stereocenters. The zero-order valence-electron chi connectivity index (χ0n) is 15.2. The van der Waals surface area contributed by atoms with Gasteiger partial charge in [-0.25, -0.2) is 14.8 Å². The number of aromatic nitrogens is 2. The highest BCUT2D eigenvalue weighted by Gasteiger charge is 2.21. The average molecular weight is 371 g/mol. The van der Waals surface area contributed by atoms with E-state index in [1.165, 1.54) is 11.3 Å². The second kappa shape index (κ2) is 7.29. The maximum atomic E-state index is 12.4. The summed E-state index contributed by atoms with van der Waals surface area (Å²) in [6, 6.07) is 6.72. The second-order valence-corrected chi connectivity index (χ2v) is 7.52. The first-order valence-corrected chi connectivity index (χ1v) is 9.17. The van der Waals surface area contributed by atoms with Gasteiger partial charge in [0.2, 0.25) is 0 Å². The van der Waals surface area contributed by atoms with Gasteiger partial charge in [-0.05, 0) is 49.6 Å². The number of hydrogen-bond donors (Lipinski definition) is 2.